The minimum absolute atomic E-state index is 0. The highest BCUT2D eigenvalue weighted by Crippen LogP contribution is 2.25. The highest BCUT2D eigenvalue weighted by atomic mass is 35.5. The maximum absolute atomic E-state index is 12.4. The number of nitrogens with zero attached hydrogens (tertiary/aromatic N) is 3. The van der Waals surface area contributed by atoms with Crippen LogP contribution in [0.5, 0.6) is 0 Å². The van der Waals surface area contributed by atoms with Gasteiger partial charge in [-0.15, -0.1) is 17.5 Å². The van der Waals surface area contributed by atoms with Crippen LogP contribution in [0.3, 0.4) is 0 Å². The summed E-state index contributed by atoms with van der Waals surface area (Å²) in [4.78, 5) is 12.4. The zero-order valence-electron chi connectivity index (χ0n) is 14.6. The normalized spacial score (nSPS) is 19.7. The zero-order chi connectivity index (χ0) is 16.1. The Hall–Kier alpha value is -1.14. The molecule has 6 nitrogen and oxygen atoms in total. The Kier molecular flexibility index (Phi) is 7.49. The SMILES string of the molecule is Cc1c(C(=O)NCCC2CCCCC2)nnn1C1CCNCC1.Cl. The van der Waals surface area contributed by atoms with E-state index < -0.39 is 0 Å². The van der Waals surface area contributed by atoms with Gasteiger partial charge in [0.25, 0.3) is 5.91 Å². The molecule has 1 aliphatic heterocycles. The molecule has 3 rings (SSSR count). The van der Waals surface area contributed by atoms with Gasteiger partial charge in [0, 0.05) is 6.54 Å². The van der Waals surface area contributed by atoms with Gasteiger partial charge in [0.2, 0.25) is 0 Å². The largest absolute Gasteiger partial charge is 0.351 e. The smallest absolute Gasteiger partial charge is 0.273 e. The van der Waals surface area contributed by atoms with Crippen molar-refractivity contribution in [3.63, 3.8) is 0 Å². The highest BCUT2D eigenvalue weighted by Gasteiger charge is 2.23. The summed E-state index contributed by atoms with van der Waals surface area (Å²) in [5.74, 6) is 0.717. The van der Waals surface area contributed by atoms with Crippen LogP contribution < -0.4 is 10.6 Å². The standard InChI is InChI=1S/C17H29N5O.ClH/c1-13-16(20-21-22(13)15-8-10-18-11-9-15)17(23)19-12-7-14-5-3-2-4-6-14;/h14-15,18H,2-12H2,1H3,(H,19,23);1H. The van der Waals surface area contributed by atoms with Gasteiger partial charge in [0.1, 0.15) is 0 Å². The number of hydrogen-bond acceptors (Lipinski definition) is 4. The summed E-state index contributed by atoms with van der Waals surface area (Å²) in [7, 11) is 0. The maximum atomic E-state index is 12.4. The number of carbonyl (C=O) groups is 1. The molecule has 0 bridgehead atoms. The van der Waals surface area contributed by atoms with Gasteiger partial charge in [-0.1, -0.05) is 37.3 Å². The number of aromatic nitrogens is 3. The molecule has 0 aromatic carbocycles. The van der Waals surface area contributed by atoms with Gasteiger partial charge in [-0.2, -0.15) is 0 Å². The lowest BCUT2D eigenvalue weighted by Gasteiger charge is -2.23. The van der Waals surface area contributed by atoms with Crippen LogP contribution in [-0.2, 0) is 0 Å². The number of hydrogen-bond donors (Lipinski definition) is 2. The summed E-state index contributed by atoms with van der Waals surface area (Å²) in [6.07, 6.45) is 9.90. The molecule has 1 aromatic rings. The van der Waals surface area contributed by atoms with E-state index in [1.54, 1.807) is 0 Å². The summed E-state index contributed by atoms with van der Waals surface area (Å²) in [5.41, 5.74) is 1.39. The fraction of sp³-hybridized carbons (Fsp3) is 0.824. The van der Waals surface area contributed by atoms with Gasteiger partial charge in [-0.3, -0.25) is 4.79 Å². The van der Waals surface area contributed by atoms with Gasteiger partial charge < -0.3 is 10.6 Å². The second-order valence-corrected chi connectivity index (χ2v) is 7.00. The molecule has 2 N–H and O–H groups in total. The zero-order valence-corrected chi connectivity index (χ0v) is 15.4. The van der Waals surface area contributed by atoms with Crippen LogP contribution in [0.1, 0.15) is 73.6 Å². The molecule has 1 aliphatic carbocycles. The first-order chi connectivity index (χ1) is 11.3. The van der Waals surface area contributed by atoms with Crippen molar-refractivity contribution in [2.24, 2.45) is 5.92 Å². The Balaban J connectivity index is 0.00000208. The van der Waals surface area contributed by atoms with Crippen molar-refractivity contribution in [1.82, 2.24) is 25.6 Å². The first-order valence-electron chi connectivity index (χ1n) is 9.16. The molecule has 1 saturated heterocycles. The van der Waals surface area contributed by atoms with Crippen molar-refractivity contribution in [3.05, 3.63) is 11.4 Å². The monoisotopic (exact) mass is 355 g/mol. The van der Waals surface area contributed by atoms with Gasteiger partial charge in [0.15, 0.2) is 5.69 Å². The van der Waals surface area contributed by atoms with Crippen molar-refractivity contribution >= 4 is 18.3 Å². The second-order valence-electron chi connectivity index (χ2n) is 7.00. The lowest BCUT2D eigenvalue weighted by Crippen LogP contribution is -2.30. The molecule has 7 heteroatoms. The van der Waals surface area contributed by atoms with E-state index in [-0.39, 0.29) is 18.3 Å². The second kappa shape index (κ2) is 9.37. The van der Waals surface area contributed by atoms with E-state index in [2.05, 4.69) is 20.9 Å². The first-order valence-corrected chi connectivity index (χ1v) is 9.16. The molecule has 0 unspecified atom stereocenters. The molecule has 136 valence electrons. The third kappa shape index (κ3) is 4.70. The van der Waals surface area contributed by atoms with E-state index in [9.17, 15) is 4.79 Å². The molecular weight excluding hydrogens is 326 g/mol. The average molecular weight is 356 g/mol. The Labute approximate surface area is 150 Å². The number of piperidine rings is 1. The van der Waals surface area contributed by atoms with Crippen LogP contribution in [0.4, 0.5) is 0 Å². The predicted octanol–water partition coefficient (Wildman–Crippen LogP) is 2.63. The van der Waals surface area contributed by atoms with Crippen LogP contribution in [0.2, 0.25) is 0 Å². The lowest BCUT2D eigenvalue weighted by molar-refractivity contribution is 0.0944. The van der Waals surface area contributed by atoms with Crippen LogP contribution in [0.15, 0.2) is 0 Å². The van der Waals surface area contributed by atoms with Gasteiger partial charge in [0.05, 0.1) is 11.7 Å². The average Bonchev–Trinajstić information content (AvgIpc) is 2.98. The summed E-state index contributed by atoms with van der Waals surface area (Å²) in [6, 6.07) is 0.368. The van der Waals surface area contributed by atoms with Gasteiger partial charge in [-0.25, -0.2) is 4.68 Å². The van der Waals surface area contributed by atoms with Crippen molar-refractivity contribution in [1.29, 1.82) is 0 Å². The molecule has 1 saturated carbocycles. The number of halogens is 1. The van der Waals surface area contributed by atoms with Crippen LogP contribution in [0, 0.1) is 12.8 Å². The lowest BCUT2D eigenvalue weighted by atomic mass is 9.87. The quantitative estimate of drug-likeness (QED) is 0.851. The fourth-order valence-electron chi connectivity index (χ4n) is 3.90. The van der Waals surface area contributed by atoms with Crippen molar-refractivity contribution in [2.75, 3.05) is 19.6 Å². The number of carbonyl (C=O) groups excluding carboxylic acids is 1. The molecule has 0 atom stereocenters. The summed E-state index contributed by atoms with van der Waals surface area (Å²) < 4.78 is 1.94. The summed E-state index contributed by atoms with van der Waals surface area (Å²) >= 11 is 0. The minimum atomic E-state index is -0.0708. The van der Waals surface area contributed by atoms with Crippen molar-refractivity contribution in [3.8, 4) is 0 Å². The topological polar surface area (TPSA) is 71.8 Å². The molecule has 24 heavy (non-hydrogen) atoms. The molecular formula is C17H30ClN5O. The number of amides is 1. The van der Waals surface area contributed by atoms with E-state index in [1.165, 1.54) is 32.1 Å². The van der Waals surface area contributed by atoms with Gasteiger partial charge >= 0.3 is 0 Å². The molecule has 2 aliphatic rings. The molecule has 0 radical (unpaired) electrons. The fourth-order valence-corrected chi connectivity index (χ4v) is 3.90. The van der Waals surface area contributed by atoms with Gasteiger partial charge in [-0.05, 0) is 45.2 Å². The van der Waals surface area contributed by atoms with Crippen LogP contribution >= 0.6 is 12.4 Å². The van der Waals surface area contributed by atoms with E-state index in [0.29, 0.717) is 11.7 Å². The molecule has 0 spiro atoms. The molecule has 1 amide bonds. The van der Waals surface area contributed by atoms with Crippen LogP contribution in [0.25, 0.3) is 0 Å². The third-order valence-electron chi connectivity index (χ3n) is 5.36. The Morgan fingerprint density at radius 1 is 1.21 bits per heavy atom. The predicted molar refractivity (Wildman–Crippen MR) is 96.7 cm³/mol. The molecule has 1 aromatic heterocycles. The third-order valence-corrected chi connectivity index (χ3v) is 5.36. The molecule has 2 fully saturated rings. The number of rotatable bonds is 5. The first kappa shape index (κ1) is 19.2. The van der Waals surface area contributed by atoms with E-state index in [4.69, 9.17) is 0 Å². The number of nitrogens with one attached hydrogen (secondary N) is 2. The Morgan fingerprint density at radius 2 is 1.92 bits per heavy atom. The van der Waals surface area contributed by atoms with Crippen LogP contribution in [-0.4, -0.2) is 40.5 Å². The van der Waals surface area contributed by atoms with Crippen molar-refractivity contribution in [2.45, 2.75) is 64.3 Å². The van der Waals surface area contributed by atoms with Crippen molar-refractivity contribution < 1.29 is 4.79 Å². The van der Waals surface area contributed by atoms with E-state index in [0.717, 1.165) is 50.5 Å². The maximum Gasteiger partial charge on any atom is 0.273 e. The molecule has 2 heterocycles. The minimum Gasteiger partial charge on any atom is -0.351 e. The van der Waals surface area contributed by atoms with E-state index in [1.807, 2.05) is 11.6 Å². The Morgan fingerprint density at radius 3 is 2.62 bits per heavy atom. The summed E-state index contributed by atoms with van der Waals surface area (Å²) in [5, 5.41) is 14.8. The highest BCUT2D eigenvalue weighted by molar-refractivity contribution is 5.93. The van der Waals surface area contributed by atoms with E-state index >= 15 is 0 Å². The summed E-state index contributed by atoms with van der Waals surface area (Å²) in [6.45, 7) is 4.72. The Bertz CT molecular complexity index is 521.